The van der Waals surface area contributed by atoms with Crippen LogP contribution in [0.25, 0.3) is 11.1 Å². The molecule has 0 aliphatic rings. The normalized spacial score (nSPS) is 11.6. The highest BCUT2D eigenvalue weighted by atomic mass is 19.4. The fourth-order valence-corrected chi connectivity index (χ4v) is 2.96. The molecule has 0 saturated heterocycles. The number of halogens is 3. The Bertz CT molecular complexity index is 1130. The molecule has 1 aromatic heterocycles. The van der Waals surface area contributed by atoms with E-state index >= 15 is 0 Å². The molecule has 0 aliphatic carbocycles. The van der Waals surface area contributed by atoms with Crippen molar-refractivity contribution in [1.29, 1.82) is 0 Å². The standard InChI is InChI=1S/C21H19F3N2O4/c1-2-30-13-25-18(12-19(27)26(29)20(25)28)11-14-3-5-15(6-4-14)16-7-9-17(10-8-16)21(22,23)24/h3-10,12,29H,2,11,13H2,1H3. The van der Waals surface area contributed by atoms with E-state index < -0.39 is 23.0 Å². The van der Waals surface area contributed by atoms with Crippen molar-refractivity contribution in [2.24, 2.45) is 0 Å². The summed E-state index contributed by atoms with van der Waals surface area (Å²) in [5, 5.41) is 9.55. The molecule has 1 heterocycles. The second kappa shape index (κ2) is 8.58. The number of alkyl halides is 3. The van der Waals surface area contributed by atoms with Gasteiger partial charge in [-0.25, -0.2) is 4.79 Å². The molecular weight excluding hydrogens is 401 g/mol. The molecule has 6 nitrogen and oxygen atoms in total. The lowest BCUT2D eigenvalue weighted by molar-refractivity contribution is -0.137. The van der Waals surface area contributed by atoms with Gasteiger partial charge in [0.25, 0.3) is 5.56 Å². The lowest BCUT2D eigenvalue weighted by Crippen LogP contribution is -2.40. The molecule has 30 heavy (non-hydrogen) atoms. The van der Waals surface area contributed by atoms with Crippen molar-refractivity contribution in [2.45, 2.75) is 26.3 Å². The minimum absolute atomic E-state index is 0.0240. The topological polar surface area (TPSA) is 73.5 Å². The SMILES string of the molecule is CCOCn1c(Cc2ccc(-c3ccc(C(F)(F)F)cc3)cc2)cc(=O)n(O)c1=O. The summed E-state index contributed by atoms with van der Waals surface area (Å²) < 4.78 is 44.5. The van der Waals surface area contributed by atoms with E-state index in [1.807, 2.05) is 0 Å². The summed E-state index contributed by atoms with van der Waals surface area (Å²) >= 11 is 0. The zero-order valence-corrected chi connectivity index (χ0v) is 16.0. The predicted octanol–water partition coefficient (Wildman–Crippen LogP) is 3.52. The number of benzene rings is 2. The first kappa shape index (κ1) is 21.4. The Morgan fingerprint density at radius 3 is 2.07 bits per heavy atom. The highest BCUT2D eigenvalue weighted by Gasteiger charge is 2.29. The van der Waals surface area contributed by atoms with E-state index in [1.54, 1.807) is 31.2 Å². The van der Waals surface area contributed by atoms with Gasteiger partial charge in [0, 0.05) is 24.8 Å². The second-order valence-electron chi connectivity index (χ2n) is 6.57. The Morgan fingerprint density at radius 1 is 0.967 bits per heavy atom. The largest absolute Gasteiger partial charge is 0.421 e. The molecule has 0 fully saturated rings. The van der Waals surface area contributed by atoms with Crippen LogP contribution in [0, 0.1) is 0 Å². The Morgan fingerprint density at radius 2 is 1.53 bits per heavy atom. The number of hydrogen-bond acceptors (Lipinski definition) is 4. The zero-order chi connectivity index (χ0) is 21.9. The van der Waals surface area contributed by atoms with Gasteiger partial charge in [-0.15, -0.1) is 0 Å². The van der Waals surface area contributed by atoms with Gasteiger partial charge in [0.2, 0.25) is 0 Å². The summed E-state index contributed by atoms with van der Waals surface area (Å²) in [5.41, 5.74) is 0.0391. The van der Waals surface area contributed by atoms with Gasteiger partial charge >= 0.3 is 11.9 Å². The Balaban J connectivity index is 1.86. The van der Waals surface area contributed by atoms with Crippen LogP contribution >= 0.6 is 0 Å². The Hall–Kier alpha value is -3.33. The van der Waals surface area contributed by atoms with Crippen molar-refractivity contribution >= 4 is 0 Å². The molecule has 158 valence electrons. The van der Waals surface area contributed by atoms with Gasteiger partial charge in [-0.2, -0.15) is 13.2 Å². The highest BCUT2D eigenvalue weighted by Crippen LogP contribution is 2.31. The van der Waals surface area contributed by atoms with Crippen LogP contribution in [0.5, 0.6) is 0 Å². The summed E-state index contributed by atoms with van der Waals surface area (Å²) in [5.74, 6) is 0. The van der Waals surface area contributed by atoms with E-state index in [-0.39, 0.29) is 17.9 Å². The third-order valence-electron chi connectivity index (χ3n) is 4.57. The molecular formula is C21H19F3N2O4. The molecule has 3 aromatic rings. The molecule has 3 rings (SSSR count). The van der Waals surface area contributed by atoms with Crippen LogP contribution in [0.3, 0.4) is 0 Å². The van der Waals surface area contributed by atoms with Crippen molar-refractivity contribution in [2.75, 3.05) is 6.61 Å². The number of nitrogens with zero attached hydrogens (tertiary/aromatic N) is 2. The number of rotatable bonds is 6. The number of hydrogen-bond donors (Lipinski definition) is 1. The molecule has 2 aromatic carbocycles. The van der Waals surface area contributed by atoms with E-state index in [1.165, 1.54) is 12.1 Å². The minimum atomic E-state index is -4.39. The number of ether oxygens (including phenoxy) is 1. The van der Waals surface area contributed by atoms with E-state index in [4.69, 9.17) is 4.74 Å². The third kappa shape index (κ3) is 4.62. The monoisotopic (exact) mass is 420 g/mol. The van der Waals surface area contributed by atoms with Gasteiger partial charge in [-0.05, 0) is 35.7 Å². The van der Waals surface area contributed by atoms with Crippen molar-refractivity contribution in [1.82, 2.24) is 9.30 Å². The van der Waals surface area contributed by atoms with Crippen LogP contribution < -0.4 is 11.2 Å². The van der Waals surface area contributed by atoms with Crippen molar-refractivity contribution in [3.05, 3.63) is 92.3 Å². The molecule has 0 amide bonds. The van der Waals surface area contributed by atoms with Crippen LogP contribution in [0.15, 0.2) is 64.2 Å². The predicted molar refractivity (Wildman–Crippen MR) is 103 cm³/mol. The summed E-state index contributed by atoms with van der Waals surface area (Å²) in [6, 6.07) is 13.0. The molecule has 0 aliphatic heterocycles. The van der Waals surface area contributed by atoms with Crippen molar-refractivity contribution in [3.8, 4) is 11.1 Å². The smallest absolute Gasteiger partial charge is 0.416 e. The van der Waals surface area contributed by atoms with E-state index in [9.17, 15) is 28.0 Å². The number of aromatic nitrogens is 2. The van der Waals surface area contributed by atoms with Gasteiger partial charge in [0.1, 0.15) is 6.73 Å². The fraction of sp³-hybridized carbons (Fsp3) is 0.238. The molecule has 0 saturated carbocycles. The molecule has 0 atom stereocenters. The first-order valence-electron chi connectivity index (χ1n) is 9.10. The maximum absolute atomic E-state index is 12.7. The van der Waals surface area contributed by atoms with Gasteiger partial charge in [-0.1, -0.05) is 41.1 Å². The summed E-state index contributed by atoms with van der Waals surface area (Å²) in [6.45, 7) is 1.98. The fourth-order valence-electron chi connectivity index (χ4n) is 2.96. The summed E-state index contributed by atoms with van der Waals surface area (Å²) in [7, 11) is 0. The van der Waals surface area contributed by atoms with Gasteiger partial charge < -0.3 is 9.94 Å². The van der Waals surface area contributed by atoms with Crippen LogP contribution in [-0.2, 0) is 24.1 Å². The van der Waals surface area contributed by atoms with Gasteiger partial charge in [0.15, 0.2) is 0 Å². The summed E-state index contributed by atoms with van der Waals surface area (Å²) in [4.78, 5) is 24.0. The molecule has 0 bridgehead atoms. The maximum Gasteiger partial charge on any atom is 0.416 e. The average molecular weight is 420 g/mol. The van der Waals surface area contributed by atoms with Crippen molar-refractivity contribution in [3.63, 3.8) is 0 Å². The van der Waals surface area contributed by atoms with Crippen LogP contribution in [0.2, 0.25) is 0 Å². The quantitative estimate of drug-likeness (QED) is 0.620. The molecule has 9 heteroatoms. The lowest BCUT2D eigenvalue weighted by atomic mass is 10.0. The minimum Gasteiger partial charge on any atom is -0.421 e. The first-order chi connectivity index (χ1) is 14.2. The van der Waals surface area contributed by atoms with Gasteiger partial charge in [0.05, 0.1) is 5.56 Å². The van der Waals surface area contributed by atoms with E-state index in [0.717, 1.165) is 33.9 Å². The Kier molecular flexibility index (Phi) is 6.12. The second-order valence-corrected chi connectivity index (χ2v) is 6.57. The van der Waals surface area contributed by atoms with E-state index in [2.05, 4.69) is 0 Å². The highest BCUT2D eigenvalue weighted by molar-refractivity contribution is 5.64. The van der Waals surface area contributed by atoms with Crippen LogP contribution in [-0.4, -0.2) is 21.1 Å². The average Bonchev–Trinajstić information content (AvgIpc) is 2.72. The van der Waals surface area contributed by atoms with Crippen molar-refractivity contribution < 1.29 is 23.1 Å². The molecule has 0 radical (unpaired) electrons. The molecule has 0 spiro atoms. The van der Waals surface area contributed by atoms with Crippen LogP contribution in [0.4, 0.5) is 13.2 Å². The molecule has 1 N–H and O–H groups in total. The zero-order valence-electron chi connectivity index (χ0n) is 16.0. The van der Waals surface area contributed by atoms with Gasteiger partial charge in [-0.3, -0.25) is 9.36 Å². The Labute approximate surface area is 169 Å². The third-order valence-corrected chi connectivity index (χ3v) is 4.57. The maximum atomic E-state index is 12.7. The van der Waals surface area contributed by atoms with E-state index in [0.29, 0.717) is 17.9 Å². The first-order valence-corrected chi connectivity index (χ1v) is 9.10. The molecule has 0 unspecified atom stereocenters. The summed E-state index contributed by atoms with van der Waals surface area (Å²) in [6.07, 6.45) is -4.16. The van der Waals surface area contributed by atoms with Crippen LogP contribution in [0.1, 0.15) is 23.7 Å². The lowest BCUT2D eigenvalue weighted by Gasteiger charge is -2.13.